The zero-order chi connectivity index (χ0) is 24.2. The first-order valence-corrected chi connectivity index (χ1v) is 13.2. The second kappa shape index (κ2) is 10.5. The summed E-state index contributed by atoms with van der Waals surface area (Å²) in [5, 5.41) is 3.06. The largest absolute Gasteiger partial charge is 0.497 e. The average molecular weight is 475 g/mol. The quantitative estimate of drug-likeness (QED) is 0.594. The van der Waals surface area contributed by atoms with E-state index in [4.69, 9.17) is 9.47 Å². The molecule has 1 N–H and O–H groups in total. The van der Waals surface area contributed by atoms with Crippen LogP contribution in [0.2, 0.25) is 0 Å². The molecule has 1 amide bonds. The number of benzene rings is 2. The molecule has 2 aromatic rings. The van der Waals surface area contributed by atoms with Crippen LogP contribution in [0.15, 0.2) is 36.4 Å². The predicted octanol–water partition coefficient (Wildman–Crippen LogP) is 4.00. The van der Waals surface area contributed by atoms with Crippen LogP contribution in [0, 0.1) is 0 Å². The number of sulfonamides is 1. The zero-order valence-corrected chi connectivity index (χ0v) is 20.9. The minimum atomic E-state index is -3.80. The molecule has 8 heteroatoms. The fourth-order valence-electron chi connectivity index (χ4n) is 4.43. The molecule has 0 spiro atoms. The Labute approximate surface area is 197 Å². The predicted molar refractivity (Wildman–Crippen MR) is 131 cm³/mol. The van der Waals surface area contributed by atoms with Gasteiger partial charge in [-0.2, -0.15) is 0 Å². The van der Waals surface area contributed by atoms with Gasteiger partial charge in [-0.3, -0.25) is 9.10 Å². The molecule has 0 aliphatic heterocycles. The van der Waals surface area contributed by atoms with Crippen molar-refractivity contribution in [2.24, 2.45) is 0 Å². The Morgan fingerprint density at radius 3 is 2.36 bits per heavy atom. The third-order valence-electron chi connectivity index (χ3n) is 6.21. The second-order valence-electron chi connectivity index (χ2n) is 8.48. The van der Waals surface area contributed by atoms with Gasteiger partial charge in [0.05, 0.1) is 32.2 Å². The van der Waals surface area contributed by atoms with Crippen LogP contribution in [-0.2, 0) is 27.7 Å². The molecule has 0 fully saturated rings. The topological polar surface area (TPSA) is 84.9 Å². The number of hydrogen-bond donors (Lipinski definition) is 1. The third-order valence-corrected chi connectivity index (χ3v) is 7.44. The van der Waals surface area contributed by atoms with Crippen LogP contribution >= 0.6 is 0 Å². The summed E-state index contributed by atoms with van der Waals surface area (Å²) in [5.41, 5.74) is 4.03. The summed E-state index contributed by atoms with van der Waals surface area (Å²) in [6.45, 7) is 3.59. The summed E-state index contributed by atoms with van der Waals surface area (Å²) in [6.07, 6.45) is 6.33. The number of rotatable bonds is 9. The van der Waals surface area contributed by atoms with Gasteiger partial charge >= 0.3 is 0 Å². The van der Waals surface area contributed by atoms with Crippen LogP contribution in [0.25, 0.3) is 0 Å². The molecule has 1 aliphatic rings. The van der Waals surface area contributed by atoms with E-state index in [1.54, 1.807) is 25.1 Å². The van der Waals surface area contributed by atoms with Gasteiger partial charge in [0.15, 0.2) is 0 Å². The Kier molecular flexibility index (Phi) is 7.89. The van der Waals surface area contributed by atoms with Crippen LogP contribution in [0.1, 0.15) is 55.8 Å². The molecular formula is C25H34N2O5S. The summed E-state index contributed by atoms with van der Waals surface area (Å²) < 4.78 is 37.3. The molecule has 0 aromatic heterocycles. The first-order valence-electron chi connectivity index (χ1n) is 11.3. The van der Waals surface area contributed by atoms with Crippen molar-refractivity contribution < 1.29 is 22.7 Å². The van der Waals surface area contributed by atoms with E-state index in [9.17, 15) is 13.2 Å². The molecule has 33 heavy (non-hydrogen) atoms. The van der Waals surface area contributed by atoms with Crippen molar-refractivity contribution in [3.63, 3.8) is 0 Å². The molecule has 0 radical (unpaired) electrons. The normalized spacial score (nSPS) is 15.2. The van der Waals surface area contributed by atoms with Crippen LogP contribution in [0.4, 0.5) is 5.69 Å². The first kappa shape index (κ1) is 24.9. The number of carbonyl (C=O) groups excluding carboxylic acids is 1. The van der Waals surface area contributed by atoms with Gasteiger partial charge < -0.3 is 14.8 Å². The smallest absolute Gasteiger partial charge is 0.244 e. The van der Waals surface area contributed by atoms with E-state index in [-0.39, 0.29) is 17.6 Å². The average Bonchev–Trinajstić information content (AvgIpc) is 2.81. The minimum absolute atomic E-state index is 0.208. The summed E-state index contributed by atoms with van der Waals surface area (Å²) in [5.74, 6) is 0.421. The maximum Gasteiger partial charge on any atom is 0.244 e. The molecule has 2 atom stereocenters. The minimum Gasteiger partial charge on any atom is -0.497 e. The molecule has 180 valence electrons. The van der Waals surface area contributed by atoms with Crippen molar-refractivity contribution in [2.45, 2.75) is 58.0 Å². The van der Waals surface area contributed by atoms with Gasteiger partial charge in [0.2, 0.25) is 15.9 Å². The maximum absolute atomic E-state index is 13.3. The number of ether oxygens (including phenoxy) is 2. The molecule has 0 saturated heterocycles. The van der Waals surface area contributed by atoms with Crippen LogP contribution in [-0.4, -0.2) is 40.8 Å². The molecule has 1 aliphatic carbocycles. The van der Waals surface area contributed by atoms with Gasteiger partial charge in [0, 0.05) is 6.07 Å². The number of fused-ring (bicyclic) bond motifs is 1. The van der Waals surface area contributed by atoms with Crippen LogP contribution in [0.3, 0.4) is 0 Å². The molecule has 7 nitrogen and oxygen atoms in total. The second-order valence-corrected chi connectivity index (χ2v) is 10.3. The highest BCUT2D eigenvalue weighted by Crippen LogP contribution is 2.35. The van der Waals surface area contributed by atoms with Gasteiger partial charge in [0.1, 0.15) is 17.5 Å². The summed E-state index contributed by atoms with van der Waals surface area (Å²) in [6, 6.07) is 10.1. The van der Waals surface area contributed by atoms with Crippen molar-refractivity contribution in [2.75, 3.05) is 24.8 Å². The molecule has 0 bridgehead atoms. The van der Waals surface area contributed by atoms with E-state index in [2.05, 4.69) is 23.5 Å². The Hall–Kier alpha value is -2.74. The van der Waals surface area contributed by atoms with E-state index in [0.29, 0.717) is 17.9 Å². The van der Waals surface area contributed by atoms with Gasteiger partial charge in [-0.1, -0.05) is 25.1 Å². The summed E-state index contributed by atoms with van der Waals surface area (Å²) in [4.78, 5) is 13.3. The van der Waals surface area contributed by atoms with Crippen molar-refractivity contribution >= 4 is 21.6 Å². The van der Waals surface area contributed by atoms with E-state index >= 15 is 0 Å². The fourth-order valence-corrected chi connectivity index (χ4v) is 5.60. The monoisotopic (exact) mass is 474 g/mol. The molecule has 2 aromatic carbocycles. The summed E-state index contributed by atoms with van der Waals surface area (Å²) >= 11 is 0. The highest BCUT2D eigenvalue weighted by molar-refractivity contribution is 7.92. The van der Waals surface area contributed by atoms with Crippen LogP contribution < -0.4 is 19.1 Å². The number of carbonyl (C=O) groups is 1. The van der Waals surface area contributed by atoms with Crippen molar-refractivity contribution in [1.29, 1.82) is 0 Å². The lowest BCUT2D eigenvalue weighted by molar-refractivity contribution is -0.122. The number of nitrogens with one attached hydrogen (secondary N) is 1. The maximum atomic E-state index is 13.3. The number of amides is 1. The van der Waals surface area contributed by atoms with Crippen molar-refractivity contribution in [1.82, 2.24) is 5.32 Å². The number of anilines is 1. The number of nitrogens with zero attached hydrogens (tertiary/aromatic N) is 1. The number of aryl methyl sites for hydroxylation is 2. The lowest BCUT2D eigenvalue weighted by atomic mass is 9.88. The van der Waals surface area contributed by atoms with Gasteiger partial charge in [0.25, 0.3) is 0 Å². The summed E-state index contributed by atoms with van der Waals surface area (Å²) in [7, 11) is -0.847. The molecular weight excluding hydrogens is 440 g/mol. The fraction of sp³-hybridized carbons (Fsp3) is 0.480. The van der Waals surface area contributed by atoms with E-state index < -0.39 is 16.1 Å². The van der Waals surface area contributed by atoms with E-state index in [1.165, 1.54) is 38.2 Å². The molecule has 3 rings (SSSR count). The molecule has 0 saturated carbocycles. The van der Waals surface area contributed by atoms with E-state index in [1.807, 2.05) is 6.92 Å². The molecule has 0 heterocycles. The number of methoxy groups -OCH3 is 2. The Morgan fingerprint density at radius 1 is 1.06 bits per heavy atom. The Balaban J connectivity index is 1.89. The Bertz CT molecular complexity index is 1100. The molecule has 0 unspecified atom stereocenters. The third kappa shape index (κ3) is 5.61. The lowest BCUT2D eigenvalue weighted by Crippen LogP contribution is -2.48. The van der Waals surface area contributed by atoms with Gasteiger partial charge in [-0.25, -0.2) is 8.42 Å². The number of hydrogen-bond acceptors (Lipinski definition) is 5. The standard InChI is InChI=1S/C25H34N2O5S/c1-6-22(20-12-11-18-9-7-8-10-19(18)15-20)26-25(28)17(2)27(33(5,29)30)23-16-21(31-3)13-14-24(23)32-4/h11-17,22H,6-10H2,1-5H3,(H,26,28)/t17-,22+/m0/s1. The lowest BCUT2D eigenvalue weighted by Gasteiger charge is -2.31. The highest BCUT2D eigenvalue weighted by Gasteiger charge is 2.32. The highest BCUT2D eigenvalue weighted by atomic mass is 32.2. The first-order chi connectivity index (χ1) is 15.7. The Morgan fingerprint density at radius 2 is 1.76 bits per heavy atom. The van der Waals surface area contributed by atoms with Crippen molar-refractivity contribution in [3.8, 4) is 11.5 Å². The van der Waals surface area contributed by atoms with Gasteiger partial charge in [-0.15, -0.1) is 0 Å². The van der Waals surface area contributed by atoms with Gasteiger partial charge in [-0.05, 0) is 67.9 Å². The van der Waals surface area contributed by atoms with Crippen LogP contribution in [0.5, 0.6) is 11.5 Å². The van der Waals surface area contributed by atoms with E-state index in [0.717, 1.165) is 29.0 Å². The SMILES string of the molecule is CC[C@@H](NC(=O)[C@H](C)N(c1cc(OC)ccc1OC)S(C)(=O)=O)c1ccc2c(c1)CCCC2. The van der Waals surface area contributed by atoms with Crippen molar-refractivity contribution in [3.05, 3.63) is 53.1 Å². The zero-order valence-electron chi connectivity index (χ0n) is 20.1.